The lowest BCUT2D eigenvalue weighted by Gasteiger charge is -2.27. The summed E-state index contributed by atoms with van der Waals surface area (Å²) in [6.45, 7) is 0.917. The molecule has 0 aliphatic heterocycles. The Morgan fingerprint density at radius 2 is 2.00 bits per heavy atom. The first-order chi connectivity index (χ1) is 8.11. The van der Waals surface area contributed by atoms with Crippen molar-refractivity contribution in [2.24, 2.45) is 0 Å². The van der Waals surface area contributed by atoms with Crippen molar-refractivity contribution in [1.29, 1.82) is 0 Å². The molecule has 0 atom stereocenters. The van der Waals surface area contributed by atoms with Gasteiger partial charge in [-0.3, -0.25) is 0 Å². The number of rotatable bonds is 8. The van der Waals surface area contributed by atoms with Gasteiger partial charge in [0.2, 0.25) is 10.0 Å². The molecule has 1 aliphatic carbocycles. The van der Waals surface area contributed by atoms with Crippen LogP contribution >= 0.6 is 11.6 Å². The van der Waals surface area contributed by atoms with Gasteiger partial charge in [0.1, 0.15) is 0 Å². The number of alkyl halides is 1. The molecule has 0 spiro atoms. The summed E-state index contributed by atoms with van der Waals surface area (Å²) in [7, 11) is -1.59. The molecule has 0 bridgehead atoms. The van der Waals surface area contributed by atoms with E-state index in [-0.39, 0.29) is 11.8 Å². The Balaban J connectivity index is 2.60. The predicted octanol–water partition coefficient (Wildman–Crippen LogP) is 1.84. The highest BCUT2D eigenvalue weighted by molar-refractivity contribution is 7.89. The number of sulfonamides is 1. The van der Waals surface area contributed by atoms with Gasteiger partial charge in [-0.1, -0.05) is 12.8 Å². The van der Waals surface area contributed by atoms with E-state index in [4.69, 9.17) is 16.3 Å². The van der Waals surface area contributed by atoms with Gasteiger partial charge in [0.25, 0.3) is 0 Å². The molecule has 17 heavy (non-hydrogen) atoms. The van der Waals surface area contributed by atoms with Crippen molar-refractivity contribution < 1.29 is 13.2 Å². The molecule has 0 unspecified atom stereocenters. The number of halogens is 1. The van der Waals surface area contributed by atoms with Crippen LogP contribution in [0.1, 0.15) is 32.1 Å². The Hall–Kier alpha value is 0.160. The molecule has 1 saturated carbocycles. The van der Waals surface area contributed by atoms with Crippen LogP contribution < -0.4 is 0 Å². The third-order valence-electron chi connectivity index (χ3n) is 3.14. The van der Waals surface area contributed by atoms with Crippen molar-refractivity contribution in [3.8, 4) is 0 Å². The molecule has 1 aliphatic rings. The topological polar surface area (TPSA) is 46.6 Å². The molecule has 0 aromatic rings. The van der Waals surface area contributed by atoms with E-state index in [2.05, 4.69) is 0 Å². The molecule has 102 valence electrons. The molecule has 1 fully saturated rings. The van der Waals surface area contributed by atoms with Crippen LogP contribution in [0.25, 0.3) is 0 Å². The smallest absolute Gasteiger partial charge is 0.214 e. The minimum Gasteiger partial charge on any atom is -0.385 e. The van der Waals surface area contributed by atoms with Gasteiger partial charge in [-0.05, 0) is 19.3 Å². The van der Waals surface area contributed by atoms with Crippen LogP contribution in [0.5, 0.6) is 0 Å². The van der Waals surface area contributed by atoms with E-state index in [1.54, 1.807) is 11.4 Å². The molecule has 0 heterocycles. The van der Waals surface area contributed by atoms with Crippen molar-refractivity contribution in [3.05, 3.63) is 0 Å². The molecule has 1 rings (SSSR count). The average Bonchev–Trinajstić information content (AvgIpc) is 2.79. The number of hydrogen-bond acceptors (Lipinski definition) is 3. The van der Waals surface area contributed by atoms with Crippen molar-refractivity contribution in [2.75, 3.05) is 31.9 Å². The van der Waals surface area contributed by atoms with Gasteiger partial charge in [-0.15, -0.1) is 11.6 Å². The fourth-order valence-corrected chi connectivity index (χ4v) is 4.36. The van der Waals surface area contributed by atoms with E-state index in [9.17, 15) is 8.42 Å². The van der Waals surface area contributed by atoms with E-state index in [1.807, 2.05) is 0 Å². The third kappa shape index (κ3) is 4.73. The third-order valence-corrected chi connectivity index (χ3v) is 5.31. The second-order valence-electron chi connectivity index (χ2n) is 4.40. The summed E-state index contributed by atoms with van der Waals surface area (Å²) in [5, 5.41) is 0. The van der Waals surface area contributed by atoms with Gasteiger partial charge in [-0.2, -0.15) is 4.31 Å². The van der Waals surface area contributed by atoms with E-state index in [1.165, 1.54) is 0 Å². The molecule has 0 radical (unpaired) electrons. The van der Waals surface area contributed by atoms with Crippen LogP contribution in [-0.2, 0) is 14.8 Å². The molecule has 4 nitrogen and oxygen atoms in total. The fraction of sp³-hybridized carbons (Fsp3) is 1.00. The predicted molar refractivity (Wildman–Crippen MR) is 70.0 cm³/mol. The second kappa shape index (κ2) is 7.56. The van der Waals surface area contributed by atoms with Crippen LogP contribution in [0.4, 0.5) is 0 Å². The second-order valence-corrected chi connectivity index (χ2v) is 6.82. The zero-order valence-electron chi connectivity index (χ0n) is 10.4. The first-order valence-electron chi connectivity index (χ1n) is 6.16. The summed E-state index contributed by atoms with van der Waals surface area (Å²) in [4.78, 5) is 0. The Morgan fingerprint density at radius 1 is 1.35 bits per heavy atom. The molecule has 0 aromatic heterocycles. The Bertz CT molecular complexity index is 302. The molecule has 0 aromatic carbocycles. The largest absolute Gasteiger partial charge is 0.385 e. The molecular weight excluding hydrogens is 262 g/mol. The molecule has 0 N–H and O–H groups in total. The molecular formula is C11H22ClNO3S. The molecule has 0 saturated heterocycles. The normalized spacial score (nSPS) is 18.1. The fourth-order valence-electron chi connectivity index (χ4n) is 2.33. The zero-order valence-corrected chi connectivity index (χ0v) is 12.0. The van der Waals surface area contributed by atoms with Gasteiger partial charge in [-0.25, -0.2) is 8.42 Å². The summed E-state index contributed by atoms with van der Waals surface area (Å²) >= 11 is 5.71. The number of methoxy groups -OCH3 is 1. The molecule has 0 amide bonds. The van der Waals surface area contributed by atoms with Crippen molar-refractivity contribution in [2.45, 2.75) is 38.1 Å². The lowest BCUT2D eigenvalue weighted by atomic mass is 10.2. The van der Waals surface area contributed by atoms with Crippen molar-refractivity contribution in [3.63, 3.8) is 0 Å². The SMILES string of the molecule is COCCCS(=O)(=O)N(CCCl)C1CCCC1. The number of nitrogens with zero attached hydrogens (tertiary/aromatic N) is 1. The maximum absolute atomic E-state index is 12.2. The van der Waals surface area contributed by atoms with Gasteiger partial charge in [0.15, 0.2) is 0 Å². The van der Waals surface area contributed by atoms with E-state index < -0.39 is 10.0 Å². The summed E-state index contributed by atoms with van der Waals surface area (Å²) in [6.07, 6.45) is 4.74. The Morgan fingerprint density at radius 3 is 2.53 bits per heavy atom. The number of ether oxygens (including phenoxy) is 1. The zero-order chi connectivity index (χ0) is 12.7. The van der Waals surface area contributed by atoms with E-state index in [0.717, 1.165) is 25.7 Å². The minimum atomic E-state index is -3.17. The van der Waals surface area contributed by atoms with Crippen LogP contribution in [0, 0.1) is 0 Å². The maximum atomic E-state index is 12.2. The summed E-state index contributed by atoms with van der Waals surface area (Å²) < 4.78 is 30.9. The maximum Gasteiger partial charge on any atom is 0.214 e. The summed E-state index contributed by atoms with van der Waals surface area (Å²) in [5.74, 6) is 0.522. The van der Waals surface area contributed by atoms with Crippen molar-refractivity contribution in [1.82, 2.24) is 4.31 Å². The first-order valence-corrected chi connectivity index (χ1v) is 8.30. The van der Waals surface area contributed by atoms with Crippen LogP contribution in [-0.4, -0.2) is 50.7 Å². The van der Waals surface area contributed by atoms with Gasteiger partial charge >= 0.3 is 0 Å². The van der Waals surface area contributed by atoms with E-state index >= 15 is 0 Å². The Labute approximate surface area is 109 Å². The van der Waals surface area contributed by atoms with Crippen molar-refractivity contribution >= 4 is 21.6 Å². The quantitative estimate of drug-likeness (QED) is 0.504. The summed E-state index contributed by atoms with van der Waals surface area (Å²) in [6, 6.07) is 0.168. The highest BCUT2D eigenvalue weighted by atomic mass is 35.5. The first kappa shape index (κ1) is 15.2. The monoisotopic (exact) mass is 283 g/mol. The highest BCUT2D eigenvalue weighted by Crippen LogP contribution is 2.26. The Kier molecular flexibility index (Phi) is 6.77. The lowest BCUT2D eigenvalue weighted by Crippen LogP contribution is -2.41. The average molecular weight is 284 g/mol. The number of hydrogen-bond donors (Lipinski definition) is 0. The van der Waals surface area contributed by atoms with Crippen LogP contribution in [0.2, 0.25) is 0 Å². The van der Waals surface area contributed by atoms with Crippen LogP contribution in [0.15, 0.2) is 0 Å². The van der Waals surface area contributed by atoms with Gasteiger partial charge < -0.3 is 4.74 Å². The van der Waals surface area contributed by atoms with Gasteiger partial charge in [0.05, 0.1) is 5.75 Å². The standard InChI is InChI=1S/C11H22ClNO3S/c1-16-9-4-10-17(14,15)13(8-7-12)11-5-2-3-6-11/h11H,2-10H2,1H3. The minimum absolute atomic E-state index is 0.161. The van der Waals surface area contributed by atoms with Crippen LogP contribution in [0.3, 0.4) is 0 Å². The van der Waals surface area contributed by atoms with E-state index in [0.29, 0.717) is 25.5 Å². The summed E-state index contributed by atoms with van der Waals surface area (Å²) in [5.41, 5.74) is 0. The lowest BCUT2D eigenvalue weighted by molar-refractivity contribution is 0.199. The molecule has 6 heteroatoms. The van der Waals surface area contributed by atoms with Gasteiger partial charge in [0, 0.05) is 32.2 Å². The highest BCUT2D eigenvalue weighted by Gasteiger charge is 2.30.